The maximum absolute atomic E-state index is 5.73. The number of thiazole rings is 1. The molecule has 2 heterocycles. The molecule has 1 N–H and O–H groups in total. The van der Waals surface area contributed by atoms with E-state index < -0.39 is 0 Å². The first-order chi connectivity index (χ1) is 8.61. The summed E-state index contributed by atoms with van der Waals surface area (Å²) in [7, 11) is 0. The molecule has 1 aliphatic heterocycles. The number of nitrogens with one attached hydrogen (secondary N) is 1. The zero-order valence-corrected chi connectivity index (χ0v) is 12.3. The smallest absolute Gasteiger partial charge is 0.185 e. The molecule has 0 radical (unpaired) electrons. The Morgan fingerprint density at radius 2 is 2.39 bits per heavy atom. The molecule has 0 bridgehead atoms. The van der Waals surface area contributed by atoms with Gasteiger partial charge >= 0.3 is 0 Å². The molecule has 0 amide bonds. The fourth-order valence-electron chi connectivity index (χ4n) is 2.09. The van der Waals surface area contributed by atoms with Crippen LogP contribution in [0.3, 0.4) is 0 Å². The van der Waals surface area contributed by atoms with Crippen LogP contribution in [0.2, 0.25) is 0 Å². The first-order valence-corrected chi connectivity index (χ1v) is 7.47. The summed E-state index contributed by atoms with van der Waals surface area (Å²) in [5.74, 6) is 0. The number of anilines is 1. The van der Waals surface area contributed by atoms with Gasteiger partial charge in [0.1, 0.15) is 0 Å². The van der Waals surface area contributed by atoms with Crippen LogP contribution in [0.5, 0.6) is 0 Å². The van der Waals surface area contributed by atoms with Crippen LogP contribution in [0, 0.1) is 0 Å². The van der Waals surface area contributed by atoms with Crippen molar-refractivity contribution in [2.45, 2.75) is 39.3 Å². The molecule has 5 heteroatoms. The molecule has 2 rings (SSSR count). The van der Waals surface area contributed by atoms with E-state index in [2.05, 4.69) is 36.0 Å². The Labute approximate surface area is 113 Å². The highest BCUT2D eigenvalue weighted by molar-refractivity contribution is 7.15. The predicted molar refractivity (Wildman–Crippen MR) is 76.4 cm³/mol. The number of ether oxygens (including phenoxy) is 1. The number of morpholine rings is 1. The monoisotopic (exact) mass is 269 g/mol. The highest BCUT2D eigenvalue weighted by Gasteiger charge is 2.28. The van der Waals surface area contributed by atoms with E-state index >= 15 is 0 Å². The van der Waals surface area contributed by atoms with E-state index in [4.69, 9.17) is 4.74 Å². The average molecular weight is 269 g/mol. The van der Waals surface area contributed by atoms with Gasteiger partial charge in [0.25, 0.3) is 0 Å². The molecule has 1 aromatic rings. The normalized spacial score (nSPS) is 19.2. The van der Waals surface area contributed by atoms with E-state index in [9.17, 15) is 0 Å². The lowest BCUT2D eigenvalue weighted by atomic mass is 10.1. The van der Waals surface area contributed by atoms with Crippen molar-refractivity contribution in [3.63, 3.8) is 0 Å². The zero-order chi connectivity index (χ0) is 13.0. The third-order valence-corrected chi connectivity index (χ3v) is 4.02. The summed E-state index contributed by atoms with van der Waals surface area (Å²) in [5.41, 5.74) is -0.0649. The summed E-state index contributed by atoms with van der Waals surface area (Å²) in [4.78, 5) is 8.17. The molecule has 1 fully saturated rings. The predicted octanol–water partition coefficient (Wildman–Crippen LogP) is 2.26. The Morgan fingerprint density at radius 1 is 1.56 bits per heavy atom. The quantitative estimate of drug-likeness (QED) is 0.832. The van der Waals surface area contributed by atoms with Crippen LogP contribution in [0.4, 0.5) is 5.13 Å². The van der Waals surface area contributed by atoms with Crippen molar-refractivity contribution in [1.29, 1.82) is 0 Å². The van der Waals surface area contributed by atoms with Crippen LogP contribution in [0.1, 0.15) is 32.1 Å². The molecule has 0 aliphatic carbocycles. The number of hydrogen-bond acceptors (Lipinski definition) is 5. The minimum atomic E-state index is -0.0649. The molecular weight excluding hydrogens is 246 g/mol. The Hall–Kier alpha value is -0.650. The molecular formula is C13H23N3OS. The van der Waals surface area contributed by atoms with E-state index in [1.165, 1.54) is 11.3 Å². The van der Waals surface area contributed by atoms with Gasteiger partial charge in [-0.2, -0.15) is 0 Å². The standard InChI is InChI=1S/C13H23N3OS/c1-4-5-14-8-11-9-15-12(18-11)16-6-7-17-13(2,3)10-16/h9,14H,4-8,10H2,1-3H3. The molecule has 102 valence electrons. The van der Waals surface area contributed by atoms with Gasteiger partial charge in [-0.05, 0) is 26.8 Å². The second-order valence-electron chi connectivity index (χ2n) is 5.32. The molecule has 4 nitrogen and oxygen atoms in total. The van der Waals surface area contributed by atoms with Gasteiger partial charge in [0.05, 0.1) is 12.2 Å². The largest absolute Gasteiger partial charge is 0.372 e. The van der Waals surface area contributed by atoms with Crippen molar-refractivity contribution < 1.29 is 4.74 Å². The highest BCUT2D eigenvalue weighted by atomic mass is 32.1. The Morgan fingerprint density at radius 3 is 3.11 bits per heavy atom. The van der Waals surface area contributed by atoms with E-state index in [1.54, 1.807) is 11.3 Å². The lowest BCUT2D eigenvalue weighted by Crippen LogP contribution is -2.48. The fraction of sp³-hybridized carbons (Fsp3) is 0.769. The lowest BCUT2D eigenvalue weighted by Gasteiger charge is -2.37. The summed E-state index contributed by atoms with van der Waals surface area (Å²) < 4.78 is 5.73. The van der Waals surface area contributed by atoms with Gasteiger partial charge < -0.3 is 15.0 Å². The Bertz CT molecular complexity index is 378. The molecule has 0 saturated carbocycles. The summed E-state index contributed by atoms with van der Waals surface area (Å²) in [6.07, 6.45) is 3.16. The molecule has 0 atom stereocenters. The minimum absolute atomic E-state index is 0.0649. The minimum Gasteiger partial charge on any atom is -0.372 e. The van der Waals surface area contributed by atoms with Crippen LogP contribution < -0.4 is 10.2 Å². The van der Waals surface area contributed by atoms with Gasteiger partial charge in [-0.25, -0.2) is 4.98 Å². The summed E-state index contributed by atoms with van der Waals surface area (Å²) in [6, 6.07) is 0. The van der Waals surface area contributed by atoms with Crippen molar-refractivity contribution in [3.05, 3.63) is 11.1 Å². The van der Waals surface area contributed by atoms with E-state index in [-0.39, 0.29) is 5.60 Å². The molecule has 18 heavy (non-hydrogen) atoms. The summed E-state index contributed by atoms with van der Waals surface area (Å²) >= 11 is 1.79. The third kappa shape index (κ3) is 3.67. The van der Waals surface area contributed by atoms with Gasteiger partial charge in [-0.15, -0.1) is 11.3 Å². The molecule has 0 unspecified atom stereocenters. The van der Waals surface area contributed by atoms with Gasteiger partial charge in [0.2, 0.25) is 0 Å². The highest BCUT2D eigenvalue weighted by Crippen LogP contribution is 2.27. The van der Waals surface area contributed by atoms with Crippen LogP contribution in [0.15, 0.2) is 6.20 Å². The van der Waals surface area contributed by atoms with E-state index in [0.29, 0.717) is 0 Å². The molecule has 1 aromatic heterocycles. The SMILES string of the molecule is CCCNCc1cnc(N2CCOC(C)(C)C2)s1. The van der Waals surface area contributed by atoms with Crippen molar-refractivity contribution in [3.8, 4) is 0 Å². The van der Waals surface area contributed by atoms with Crippen molar-refractivity contribution >= 4 is 16.5 Å². The molecule has 0 aromatic carbocycles. The summed E-state index contributed by atoms with van der Waals surface area (Å²) in [5, 5.41) is 4.54. The van der Waals surface area contributed by atoms with Crippen LogP contribution >= 0.6 is 11.3 Å². The maximum Gasteiger partial charge on any atom is 0.185 e. The first kappa shape index (κ1) is 13.8. The molecule has 1 aliphatic rings. The number of nitrogens with zero attached hydrogens (tertiary/aromatic N) is 2. The maximum atomic E-state index is 5.73. The van der Waals surface area contributed by atoms with Crippen molar-refractivity contribution in [1.82, 2.24) is 10.3 Å². The van der Waals surface area contributed by atoms with Gasteiger partial charge in [-0.1, -0.05) is 6.92 Å². The second kappa shape index (κ2) is 5.99. The van der Waals surface area contributed by atoms with Gasteiger partial charge in [-0.3, -0.25) is 0 Å². The van der Waals surface area contributed by atoms with Crippen molar-refractivity contribution in [2.75, 3.05) is 31.1 Å². The van der Waals surface area contributed by atoms with Crippen LogP contribution in [0.25, 0.3) is 0 Å². The topological polar surface area (TPSA) is 37.4 Å². The third-order valence-electron chi connectivity index (χ3n) is 2.96. The summed E-state index contributed by atoms with van der Waals surface area (Å²) in [6.45, 7) is 11.1. The molecule has 0 spiro atoms. The van der Waals surface area contributed by atoms with Gasteiger partial charge in [0, 0.05) is 30.7 Å². The van der Waals surface area contributed by atoms with Crippen LogP contribution in [-0.2, 0) is 11.3 Å². The fourth-order valence-corrected chi connectivity index (χ4v) is 3.00. The first-order valence-electron chi connectivity index (χ1n) is 6.65. The van der Waals surface area contributed by atoms with E-state index in [0.717, 1.165) is 37.9 Å². The second-order valence-corrected chi connectivity index (χ2v) is 6.41. The number of aromatic nitrogens is 1. The molecule has 1 saturated heterocycles. The van der Waals surface area contributed by atoms with Crippen LogP contribution in [-0.4, -0.2) is 36.8 Å². The Kier molecular flexibility index (Phi) is 4.59. The lowest BCUT2D eigenvalue weighted by molar-refractivity contribution is -0.0277. The zero-order valence-electron chi connectivity index (χ0n) is 11.5. The Balaban J connectivity index is 1.92. The average Bonchev–Trinajstić information content (AvgIpc) is 2.77. The number of hydrogen-bond donors (Lipinski definition) is 1. The van der Waals surface area contributed by atoms with Crippen molar-refractivity contribution in [2.24, 2.45) is 0 Å². The van der Waals surface area contributed by atoms with E-state index in [1.807, 2.05) is 6.20 Å². The van der Waals surface area contributed by atoms with Gasteiger partial charge in [0.15, 0.2) is 5.13 Å². The number of rotatable bonds is 5.